The Morgan fingerprint density at radius 1 is 0.926 bits per heavy atom. The predicted molar refractivity (Wildman–Crippen MR) is 119 cm³/mol. The number of aryl methyl sites for hydroxylation is 2. The van der Waals surface area contributed by atoms with Gasteiger partial charge in [-0.05, 0) is 53.8 Å². The SMILES string of the molecule is C=C(/C=C/c1ccccc1Nc1ccc(C)cc1)c1ccccc1CCC. The molecule has 1 nitrogen and oxygen atoms in total. The van der Waals surface area contributed by atoms with Crippen molar-refractivity contribution < 1.29 is 0 Å². The van der Waals surface area contributed by atoms with E-state index in [2.05, 4.69) is 111 Å². The average molecular weight is 354 g/mol. The van der Waals surface area contributed by atoms with Crippen molar-refractivity contribution in [3.8, 4) is 0 Å². The summed E-state index contributed by atoms with van der Waals surface area (Å²) in [7, 11) is 0. The first-order valence-corrected chi connectivity index (χ1v) is 9.55. The van der Waals surface area contributed by atoms with Crippen LogP contribution in [0.4, 0.5) is 11.4 Å². The zero-order chi connectivity index (χ0) is 19.1. The van der Waals surface area contributed by atoms with E-state index in [-0.39, 0.29) is 0 Å². The highest BCUT2D eigenvalue weighted by molar-refractivity contribution is 5.82. The summed E-state index contributed by atoms with van der Waals surface area (Å²) in [6, 6.07) is 25.3. The quantitative estimate of drug-likeness (QED) is 0.436. The smallest absolute Gasteiger partial charge is 0.0457 e. The van der Waals surface area contributed by atoms with Gasteiger partial charge in [0, 0.05) is 11.4 Å². The number of para-hydroxylation sites is 1. The molecule has 0 fully saturated rings. The summed E-state index contributed by atoms with van der Waals surface area (Å²) in [6.07, 6.45) is 6.47. The maximum atomic E-state index is 4.30. The van der Waals surface area contributed by atoms with Crippen molar-refractivity contribution >= 4 is 23.0 Å². The molecule has 1 N–H and O–H groups in total. The molecule has 136 valence electrons. The van der Waals surface area contributed by atoms with Crippen molar-refractivity contribution in [3.63, 3.8) is 0 Å². The van der Waals surface area contributed by atoms with E-state index in [0.29, 0.717) is 0 Å². The van der Waals surface area contributed by atoms with Crippen molar-refractivity contribution in [3.05, 3.63) is 108 Å². The van der Waals surface area contributed by atoms with Gasteiger partial charge in [0.1, 0.15) is 0 Å². The third-order valence-corrected chi connectivity index (χ3v) is 4.64. The number of rotatable bonds is 7. The molecule has 1 heteroatoms. The van der Waals surface area contributed by atoms with Crippen molar-refractivity contribution in [1.82, 2.24) is 0 Å². The van der Waals surface area contributed by atoms with Crippen LogP contribution in [-0.2, 0) is 6.42 Å². The normalized spacial score (nSPS) is 10.9. The summed E-state index contributed by atoms with van der Waals surface area (Å²) in [6.45, 7) is 8.61. The van der Waals surface area contributed by atoms with E-state index in [1.807, 2.05) is 0 Å². The molecular formula is C26H27N. The van der Waals surface area contributed by atoms with E-state index in [0.717, 1.165) is 35.4 Å². The summed E-state index contributed by atoms with van der Waals surface area (Å²) >= 11 is 0. The number of nitrogens with one attached hydrogen (secondary N) is 1. The molecule has 0 heterocycles. The van der Waals surface area contributed by atoms with Gasteiger partial charge in [-0.15, -0.1) is 0 Å². The topological polar surface area (TPSA) is 12.0 Å². The van der Waals surface area contributed by atoms with Crippen molar-refractivity contribution in [2.24, 2.45) is 0 Å². The van der Waals surface area contributed by atoms with Crippen LogP contribution in [-0.4, -0.2) is 0 Å². The number of anilines is 2. The van der Waals surface area contributed by atoms with Crippen LogP contribution in [0.5, 0.6) is 0 Å². The molecule has 0 spiro atoms. The Bertz CT molecular complexity index is 932. The molecule has 0 unspecified atom stereocenters. The highest BCUT2D eigenvalue weighted by Crippen LogP contribution is 2.25. The molecule has 0 aliphatic rings. The first-order valence-electron chi connectivity index (χ1n) is 9.55. The minimum absolute atomic E-state index is 1.05. The summed E-state index contributed by atoms with van der Waals surface area (Å²) in [4.78, 5) is 0. The standard InChI is InChI=1S/C26H27N/c1-4-9-22-10-5-7-12-25(22)21(3)16-17-23-11-6-8-13-26(23)27-24-18-14-20(2)15-19-24/h5-8,10-19,27H,3-4,9H2,1-2H3/b17-16+. The second kappa shape index (κ2) is 9.05. The maximum absolute atomic E-state index is 4.30. The van der Waals surface area contributed by atoms with Crippen LogP contribution in [0.2, 0.25) is 0 Å². The Morgan fingerprint density at radius 2 is 1.63 bits per heavy atom. The Hall–Kier alpha value is -3.06. The molecule has 0 bridgehead atoms. The second-order valence-corrected chi connectivity index (χ2v) is 6.84. The lowest BCUT2D eigenvalue weighted by molar-refractivity contribution is 0.919. The minimum atomic E-state index is 1.05. The molecule has 0 aliphatic carbocycles. The first kappa shape index (κ1) is 18.7. The van der Waals surface area contributed by atoms with Gasteiger partial charge in [0.15, 0.2) is 0 Å². The Morgan fingerprint density at radius 3 is 2.41 bits per heavy atom. The van der Waals surface area contributed by atoms with Crippen LogP contribution in [0.15, 0.2) is 85.5 Å². The Labute approximate surface area is 163 Å². The fraction of sp³-hybridized carbons (Fsp3) is 0.154. The number of benzene rings is 3. The van der Waals surface area contributed by atoms with E-state index in [4.69, 9.17) is 0 Å². The first-order chi connectivity index (χ1) is 13.2. The van der Waals surface area contributed by atoms with E-state index < -0.39 is 0 Å². The molecule has 0 saturated heterocycles. The van der Waals surface area contributed by atoms with Crippen molar-refractivity contribution in [1.29, 1.82) is 0 Å². The largest absolute Gasteiger partial charge is 0.355 e. The molecule has 0 aliphatic heterocycles. The van der Waals surface area contributed by atoms with Gasteiger partial charge < -0.3 is 5.32 Å². The summed E-state index contributed by atoms with van der Waals surface area (Å²) in [5.41, 5.74) is 8.23. The lowest BCUT2D eigenvalue weighted by atomic mass is 9.97. The van der Waals surface area contributed by atoms with Gasteiger partial charge in [-0.3, -0.25) is 0 Å². The molecule has 0 aromatic heterocycles. The van der Waals surface area contributed by atoms with Crippen molar-refractivity contribution in [2.45, 2.75) is 26.7 Å². The summed E-state index contributed by atoms with van der Waals surface area (Å²) in [5.74, 6) is 0. The molecule has 0 atom stereocenters. The van der Waals surface area contributed by atoms with Crippen LogP contribution in [0.25, 0.3) is 11.6 Å². The maximum Gasteiger partial charge on any atom is 0.0457 e. The fourth-order valence-electron chi connectivity index (χ4n) is 3.15. The molecule has 0 saturated carbocycles. The lowest BCUT2D eigenvalue weighted by Gasteiger charge is -2.11. The van der Waals surface area contributed by atoms with Gasteiger partial charge in [0.2, 0.25) is 0 Å². The zero-order valence-electron chi connectivity index (χ0n) is 16.2. The van der Waals surface area contributed by atoms with Crippen LogP contribution in [0.3, 0.4) is 0 Å². The fourth-order valence-corrected chi connectivity index (χ4v) is 3.15. The third-order valence-electron chi connectivity index (χ3n) is 4.64. The van der Waals surface area contributed by atoms with Gasteiger partial charge in [0.05, 0.1) is 0 Å². The number of allylic oxidation sites excluding steroid dienone is 2. The van der Waals surface area contributed by atoms with Gasteiger partial charge in [-0.2, -0.15) is 0 Å². The van der Waals surface area contributed by atoms with Crippen LogP contribution in [0, 0.1) is 6.92 Å². The van der Waals surface area contributed by atoms with E-state index in [1.165, 1.54) is 16.7 Å². The van der Waals surface area contributed by atoms with Crippen LogP contribution >= 0.6 is 0 Å². The minimum Gasteiger partial charge on any atom is -0.355 e. The van der Waals surface area contributed by atoms with Crippen LogP contribution < -0.4 is 5.32 Å². The molecule has 27 heavy (non-hydrogen) atoms. The summed E-state index contributed by atoms with van der Waals surface area (Å²) < 4.78 is 0. The third kappa shape index (κ3) is 4.98. The van der Waals surface area contributed by atoms with Gasteiger partial charge >= 0.3 is 0 Å². The lowest BCUT2D eigenvalue weighted by Crippen LogP contribution is -1.93. The van der Waals surface area contributed by atoms with E-state index in [1.54, 1.807) is 0 Å². The second-order valence-electron chi connectivity index (χ2n) is 6.84. The highest BCUT2D eigenvalue weighted by atomic mass is 14.9. The molecule has 3 aromatic rings. The summed E-state index contributed by atoms with van der Waals surface area (Å²) in [5, 5.41) is 3.51. The van der Waals surface area contributed by atoms with Crippen molar-refractivity contribution in [2.75, 3.05) is 5.32 Å². The van der Waals surface area contributed by atoms with E-state index in [9.17, 15) is 0 Å². The van der Waals surface area contributed by atoms with Gasteiger partial charge in [0.25, 0.3) is 0 Å². The van der Waals surface area contributed by atoms with E-state index >= 15 is 0 Å². The molecule has 0 radical (unpaired) electrons. The van der Waals surface area contributed by atoms with Gasteiger partial charge in [-0.25, -0.2) is 0 Å². The number of hydrogen-bond acceptors (Lipinski definition) is 1. The molecule has 3 rings (SSSR count). The molecule has 3 aromatic carbocycles. The predicted octanol–water partition coefficient (Wildman–Crippen LogP) is 7.42. The van der Waals surface area contributed by atoms with Gasteiger partial charge in [-0.1, -0.05) is 92.2 Å². The number of hydrogen-bond donors (Lipinski definition) is 1. The average Bonchev–Trinajstić information content (AvgIpc) is 2.69. The Balaban J connectivity index is 1.81. The zero-order valence-corrected chi connectivity index (χ0v) is 16.2. The molecule has 0 amide bonds. The highest BCUT2D eigenvalue weighted by Gasteiger charge is 2.04. The monoisotopic (exact) mass is 353 g/mol. The van der Waals surface area contributed by atoms with Crippen LogP contribution in [0.1, 0.15) is 35.6 Å². The molecular weight excluding hydrogens is 326 g/mol. The Kier molecular flexibility index (Phi) is 6.27.